The van der Waals surface area contributed by atoms with Crippen LogP contribution >= 0.6 is 0 Å². The summed E-state index contributed by atoms with van der Waals surface area (Å²) in [5.74, 6) is 0.327. The molecular weight excluding hydrogens is 412 g/mol. The highest BCUT2D eigenvalue weighted by molar-refractivity contribution is 7.92. The van der Waals surface area contributed by atoms with Crippen LogP contribution in [-0.4, -0.2) is 28.0 Å². The van der Waals surface area contributed by atoms with Gasteiger partial charge in [-0.1, -0.05) is 48.5 Å². The molecule has 0 aliphatic heterocycles. The fraction of sp³-hybridized carbons (Fsp3) is 0.208. The number of aryl methyl sites for hydroxylation is 1. The van der Waals surface area contributed by atoms with Crippen LogP contribution < -0.4 is 14.4 Å². The molecule has 6 nitrogen and oxygen atoms in total. The predicted molar refractivity (Wildman–Crippen MR) is 122 cm³/mol. The minimum atomic E-state index is -3.93. The van der Waals surface area contributed by atoms with E-state index < -0.39 is 15.9 Å². The highest BCUT2D eigenvalue weighted by Crippen LogP contribution is 2.26. The number of ether oxygens (including phenoxy) is 1. The lowest BCUT2D eigenvalue weighted by Crippen LogP contribution is -2.41. The zero-order chi connectivity index (χ0) is 22.4. The summed E-state index contributed by atoms with van der Waals surface area (Å²) in [6.07, 6.45) is 0. The summed E-state index contributed by atoms with van der Waals surface area (Å²) in [6.45, 7) is 3.34. The van der Waals surface area contributed by atoms with Crippen LogP contribution in [0.4, 0.5) is 5.69 Å². The van der Waals surface area contributed by atoms with E-state index in [-0.39, 0.29) is 17.5 Å². The first-order valence-corrected chi connectivity index (χ1v) is 11.3. The molecule has 0 radical (unpaired) electrons. The standard InChI is InChI=1S/C24H26N2O4S/c1-18-9-7-8-12-23(18)26(31(28,29)22-10-5-4-6-11-22)17-24(27)25-19(2)20-13-15-21(30-3)16-14-20/h4-16,19H,17H2,1-3H3,(H,25,27)/t19-/m1/s1. The van der Waals surface area contributed by atoms with Crippen molar-refractivity contribution < 1.29 is 17.9 Å². The van der Waals surface area contributed by atoms with Crippen molar-refractivity contribution in [2.45, 2.75) is 24.8 Å². The van der Waals surface area contributed by atoms with Crippen molar-refractivity contribution >= 4 is 21.6 Å². The van der Waals surface area contributed by atoms with Crippen LogP contribution in [-0.2, 0) is 14.8 Å². The van der Waals surface area contributed by atoms with Gasteiger partial charge in [0.1, 0.15) is 12.3 Å². The van der Waals surface area contributed by atoms with Crippen LogP contribution in [0.2, 0.25) is 0 Å². The Hall–Kier alpha value is -3.32. The fourth-order valence-electron chi connectivity index (χ4n) is 3.26. The maximum Gasteiger partial charge on any atom is 0.264 e. The van der Waals surface area contributed by atoms with Gasteiger partial charge in [0, 0.05) is 0 Å². The van der Waals surface area contributed by atoms with Crippen LogP contribution in [0.3, 0.4) is 0 Å². The van der Waals surface area contributed by atoms with Gasteiger partial charge in [0.25, 0.3) is 10.0 Å². The summed E-state index contributed by atoms with van der Waals surface area (Å²) >= 11 is 0. The monoisotopic (exact) mass is 438 g/mol. The number of benzene rings is 3. The summed E-state index contributed by atoms with van der Waals surface area (Å²) in [4.78, 5) is 13.0. The summed E-state index contributed by atoms with van der Waals surface area (Å²) in [5, 5.41) is 2.89. The van der Waals surface area contributed by atoms with E-state index in [4.69, 9.17) is 4.74 Å². The number of amides is 1. The smallest absolute Gasteiger partial charge is 0.264 e. The number of hydrogen-bond donors (Lipinski definition) is 1. The topological polar surface area (TPSA) is 75.7 Å². The highest BCUT2D eigenvalue weighted by atomic mass is 32.2. The molecule has 1 N–H and O–H groups in total. The van der Waals surface area contributed by atoms with Crippen LogP contribution in [0, 0.1) is 6.92 Å². The quantitative estimate of drug-likeness (QED) is 0.575. The largest absolute Gasteiger partial charge is 0.497 e. The van der Waals surface area contributed by atoms with Gasteiger partial charge < -0.3 is 10.1 Å². The van der Waals surface area contributed by atoms with Gasteiger partial charge in [-0.15, -0.1) is 0 Å². The molecule has 0 heterocycles. The van der Waals surface area contributed by atoms with Crippen LogP contribution in [0.15, 0.2) is 83.8 Å². The number of nitrogens with one attached hydrogen (secondary N) is 1. The molecule has 0 spiro atoms. The average Bonchev–Trinajstić information content (AvgIpc) is 2.78. The molecule has 1 amide bonds. The molecule has 0 unspecified atom stereocenters. The third kappa shape index (κ3) is 5.24. The van der Waals surface area contributed by atoms with E-state index in [1.165, 1.54) is 12.1 Å². The van der Waals surface area contributed by atoms with E-state index in [1.807, 2.05) is 50.2 Å². The Balaban J connectivity index is 1.86. The zero-order valence-electron chi connectivity index (χ0n) is 17.8. The van der Waals surface area contributed by atoms with E-state index in [1.54, 1.807) is 37.4 Å². The Bertz CT molecular complexity index is 1130. The number of rotatable bonds is 8. The van der Waals surface area contributed by atoms with Crippen molar-refractivity contribution in [2.75, 3.05) is 18.0 Å². The predicted octanol–water partition coefficient (Wildman–Crippen LogP) is 4.08. The molecule has 3 aromatic carbocycles. The van der Waals surface area contributed by atoms with E-state index >= 15 is 0 Å². The summed E-state index contributed by atoms with van der Waals surface area (Å²) in [7, 11) is -2.33. The van der Waals surface area contributed by atoms with Crippen molar-refractivity contribution in [3.05, 3.63) is 90.0 Å². The van der Waals surface area contributed by atoms with Crippen molar-refractivity contribution in [3.8, 4) is 5.75 Å². The minimum absolute atomic E-state index is 0.134. The van der Waals surface area contributed by atoms with Gasteiger partial charge >= 0.3 is 0 Å². The lowest BCUT2D eigenvalue weighted by atomic mass is 10.1. The number of carbonyl (C=O) groups is 1. The average molecular weight is 439 g/mol. The van der Waals surface area contributed by atoms with Crippen LogP contribution in [0.5, 0.6) is 5.75 Å². The number of hydrogen-bond acceptors (Lipinski definition) is 4. The summed E-state index contributed by atoms with van der Waals surface area (Å²) in [6, 6.07) is 22.3. The maximum atomic E-state index is 13.4. The second-order valence-electron chi connectivity index (χ2n) is 7.17. The van der Waals surface area contributed by atoms with E-state index in [0.29, 0.717) is 5.69 Å². The molecule has 7 heteroatoms. The SMILES string of the molecule is COc1ccc([C@@H](C)NC(=O)CN(c2ccccc2C)S(=O)(=O)c2ccccc2)cc1. The van der Waals surface area contributed by atoms with Crippen molar-refractivity contribution in [3.63, 3.8) is 0 Å². The first-order valence-electron chi connectivity index (χ1n) is 9.89. The molecule has 31 heavy (non-hydrogen) atoms. The lowest BCUT2D eigenvalue weighted by Gasteiger charge is -2.26. The third-order valence-corrected chi connectivity index (χ3v) is 6.77. The van der Waals surface area contributed by atoms with Gasteiger partial charge in [-0.05, 0) is 55.3 Å². The first kappa shape index (κ1) is 22.4. The molecule has 3 aromatic rings. The maximum absolute atomic E-state index is 13.4. The molecule has 162 valence electrons. The van der Waals surface area contributed by atoms with Gasteiger partial charge in [0.05, 0.1) is 23.7 Å². The van der Waals surface area contributed by atoms with Gasteiger partial charge in [0.15, 0.2) is 0 Å². The van der Waals surface area contributed by atoms with Crippen molar-refractivity contribution in [2.24, 2.45) is 0 Å². The third-order valence-electron chi connectivity index (χ3n) is 5.00. The number of sulfonamides is 1. The minimum Gasteiger partial charge on any atom is -0.497 e. The molecule has 0 saturated carbocycles. The molecule has 0 bridgehead atoms. The van der Waals surface area contributed by atoms with Gasteiger partial charge in [-0.3, -0.25) is 9.10 Å². The van der Waals surface area contributed by atoms with Crippen LogP contribution in [0.25, 0.3) is 0 Å². The second kappa shape index (κ2) is 9.66. The summed E-state index contributed by atoms with van der Waals surface area (Å²) in [5.41, 5.74) is 2.12. The number of para-hydroxylation sites is 1. The van der Waals surface area contributed by atoms with Crippen LogP contribution in [0.1, 0.15) is 24.1 Å². The lowest BCUT2D eigenvalue weighted by molar-refractivity contribution is -0.120. The fourth-order valence-corrected chi connectivity index (χ4v) is 4.76. The Morgan fingerprint density at radius 2 is 1.58 bits per heavy atom. The Morgan fingerprint density at radius 3 is 2.19 bits per heavy atom. The number of methoxy groups -OCH3 is 1. The highest BCUT2D eigenvalue weighted by Gasteiger charge is 2.28. The molecule has 0 aliphatic carbocycles. The van der Waals surface area contributed by atoms with Gasteiger partial charge in [-0.25, -0.2) is 8.42 Å². The van der Waals surface area contributed by atoms with Crippen molar-refractivity contribution in [1.29, 1.82) is 0 Å². The van der Waals surface area contributed by atoms with Gasteiger partial charge in [0.2, 0.25) is 5.91 Å². The molecular formula is C24H26N2O4S. The van der Waals surface area contributed by atoms with E-state index in [2.05, 4.69) is 5.32 Å². The molecule has 0 aromatic heterocycles. The van der Waals surface area contributed by atoms with Crippen molar-refractivity contribution in [1.82, 2.24) is 5.32 Å². The Labute approximate surface area is 183 Å². The van der Waals surface area contributed by atoms with E-state index in [9.17, 15) is 13.2 Å². The normalized spacial score (nSPS) is 12.1. The van der Waals surface area contributed by atoms with Gasteiger partial charge in [-0.2, -0.15) is 0 Å². The Morgan fingerprint density at radius 1 is 0.968 bits per heavy atom. The number of carbonyl (C=O) groups excluding carboxylic acids is 1. The molecule has 3 rings (SSSR count). The number of nitrogens with zero attached hydrogens (tertiary/aromatic N) is 1. The molecule has 0 saturated heterocycles. The second-order valence-corrected chi connectivity index (χ2v) is 9.04. The molecule has 0 aliphatic rings. The molecule has 1 atom stereocenters. The summed E-state index contributed by atoms with van der Waals surface area (Å²) < 4.78 is 33.1. The first-order chi connectivity index (χ1) is 14.8. The van der Waals surface area contributed by atoms with E-state index in [0.717, 1.165) is 21.2 Å². The molecule has 0 fully saturated rings. The Kier molecular flexibility index (Phi) is 6.97. The zero-order valence-corrected chi connectivity index (χ0v) is 18.6. The number of anilines is 1.